The van der Waals surface area contributed by atoms with Crippen LogP contribution in [0.25, 0.3) is 0 Å². The standard InChI is InChI=1S/C19H29N5O4/c1-4-20-16(21-12-18(2,27)14-6-5-11-28-14)24-9-7-13(8-10-24)19(3)15(25)22-17(26)23-19/h5-6,11,13,27H,4,7-10,12H2,1-3H3,(H,20,21)(H2,22,23,25,26). The van der Waals surface area contributed by atoms with Gasteiger partial charge in [-0.1, -0.05) is 0 Å². The summed E-state index contributed by atoms with van der Waals surface area (Å²) in [5.74, 6) is 0.995. The highest BCUT2D eigenvalue weighted by Gasteiger charge is 2.48. The van der Waals surface area contributed by atoms with Gasteiger partial charge in [0, 0.05) is 19.6 Å². The molecule has 28 heavy (non-hydrogen) atoms. The summed E-state index contributed by atoms with van der Waals surface area (Å²) in [6, 6.07) is 3.04. The van der Waals surface area contributed by atoms with Gasteiger partial charge < -0.3 is 25.1 Å². The second-order valence-corrected chi connectivity index (χ2v) is 7.79. The molecule has 154 valence electrons. The highest BCUT2D eigenvalue weighted by atomic mass is 16.4. The van der Waals surface area contributed by atoms with Crippen molar-refractivity contribution in [2.75, 3.05) is 26.2 Å². The maximum absolute atomic E-state index is 12.2. The van der Waals surface area contributed by atoms with E-state index in [1.54, 1.807) is 26.0 Å². The SMILES string of the molecule is CCNC(=NCC(C)(O)c1ccco1)N1CCC(C2(C)NC(=O)NC2=O)CC1. The van der Waals surface area contributed by atoms with Crippen molar-refractivity contribution < 1.29 is 19.1 Å². The van der Waals surface area contributed by atoms with E-state index >= 15 is 0 Å². The fourth-order valence-electron chi connectivity index (χ4n) is 3.83. The molecule has 1 aromatic heterocycles. The largest absolute Gasteiger partial charge is 0.466 e. The van der Waals surface area contributed by atoms with E-state index in [-0.39, 0.29) is 18.4 Å². The molecule has 0 radical (unpaired) electrons. The quantitative estimate of drug-likeness (QED) is 0.334. The van der Waals surface area contributed by atoms with Crippen LogP contribution >= 0.6 is 0 Å². The predicted molar refractivity (Wildman–Crippen MR) is 104 cm³/mol. The molecule has 3 rings (SSSR count). The van der Waals surface area contributed by atoms with Gasteiger partial charge in [0.1, 0.15) is 16.9 Å². The van der Waals surface area contributed by atoms with Crippen molar-refractivity contribution >= 4 is 17.9 Å². The third-order valence-corrected chi connectivity index (χ3v) is 5.61. The maximum atomic E-state index is 12.2. The summed E-state index contributed by atoms with van der Waals surface area (Å²) in [6.45, 7) is 7.74. The van der Waals surface area contributed by atoms with Gasteiger partial charge >= 0.3 is 6.03 Å². The van der Waals surface area contributed by atoms with Crippen molar-refractivity contribution in [1.29, 1.82) is 0 Å². The molecule has 2 aliphatic heterocycles. The van der Waals surface area contributed by atoms with E-state index in [0.717, 1.165) is 18.8 Å². The van der Waals surface area contributed by atoms with Crippen LogP contribution in [0.4, 0.5) is 4.79 Å². The highest BCUT2D eigenvalue weighted by molar-refractivity contribution is 6.07. The molecular formula is C19H29N5O4. The van der Waals surface area contributed by atoms with Crippen LogP contribution in [0.3, 0.4) is 0 Å². The minimum atomic E-state index is -1.19. The van der Waals surface area contributed by atoms with E-state index in [2.05, 4.69) is 25.8 Å². The molecule has 1 aromatic rings. The lowest BCUT2D eigenvalue weighted by atomic mass is 9.79. The Kier molecular flexibility index (Phi) is 5.64. The second-order valence-electron chi connectivity index (χ2n) is 7.79. The van der Waals surface area contributed by atoms with E-state index in [0.29, 0.717) is 25.4 Å². The number of nitrogens with one attached hydrogen (secondary N) is 3. The first-order valence-corrected chi connectivity index (χ1v) is 9.69. The third-order valence-electron chi connectivity index (χ3n) is 5.61. The Morgan fingerprint density at radius 3 is 2.71 bits per heavy atom. The fourth-order valence-corrected chi connectivity index (χ4v) is 3.83. The summed E-state index contributed by atoms with van der Waals surface area (Å²) in [6.07, 6.45) is 3.04. The molecular weight excluding hydrogens is 362 g/mol. The number of nitrogens with zero attached hydrogens (tertiary/aromatic N) is 2. The number of guanidine groups is 1. The molecule has 2 fully saturated rings. The molecule has 2 unspecified atom stereocenters. The zero-order chi connectivity index (χ0) is 20.4. The molecule has 0 bridgehead atoms. The number of amides is 3. The number of aliphatic hydroxyl groups is 1. The summed E-state index contributed by atoms with van der Waals surface area (Å²) in [7, 11) is 0. The van der Waals surface area contributed by atoms with Crippen LogP contribution in [0.5, 0.6) is 0 Å². The van der Waals surface area contributed by atoms with Gasteiger partial charge in [-0.25, -0.2) is 9.79 Å². The van der Waals surface area contributed by atoms with Crippen LogP contribution in [0.2, 0.25) is 0 Å². The number of hydrogen-bond donors (Lipinski definition) is 4. The molecule has 3 heterocycles. The number of urea groups is 1. The topological polar surface area (TPSA) is 119 Å². The van der Waals surface area contributed by atoms with Crippen molar-refractivity contribution in [2.24, 2.45) is 10.9 Å². The zero-order valence-corrected chi connectivity index (χ0v) is 16.6. The fraction of sp³-hybridized carbons (Fsp3) is 0.632. The number of piperidine rings is 1. The van der Waals surface area contributed by atoms with E-state index in [9.17, 15) is 14.7 Å². The average molecular weight is 391 g/mol. The van der Waals surface area contributed by atoms with Crippen molar-refractivity contribution in [1.82, 2.24) is 20.9 Å². The van der Waals surface area contributed by atoms with Crippen molar-refractivity contribution in [2.45, 2.75) is 44.8 Å². The first-order chi connectivity index (χ1) is 13.3. The molecule has 2 saturated heterocycles. The molecule has 9 nitrogen and oxygen atoms in total. The lowest BCUT2D eigenvalue weighted by Crippen LogP contribution is -2.55. The Bertz CT molecular complexity index is 738. The van der Waals surface area contributed by atoms with E-state index in [1.807, 2.05) is 6.92 Å². The summed E-state index contributed by atoms with van der Waals surface area (Å²) >= 11 is 0. The lowest BCUT2D eigenvalue weighted by molar-refractivity contribution is -0.125. The van der Waals surface area contributed by atoms with Crippen LogP contribution in [-0.4, -0.2) is 59.6 Å². The Hall–Kier alpha value is -2.55. The number of likely N-dealkylation sites (tertiary alicyclic amines) is 1. The number of furan rings is 1. The summed E-state index contributed by atoms with van der Waals surface area (Å²) in [4.78, 5) is 30.4. The Labute approximate surface area is 164 Å². The monoisotopic (exact) mass is 391 g/mol. The van der Waals surface area contributed by atoms with Crippen LogP contribution in [0.1, 0.15) is 39.4 Å². The Balaban J connectivity index is 1.64. The molecule has 0 spiro atoms. The third kappa shape index (κ3) is 3.99. The van der Waals surface area contributed by atoms with E-state index < -0.39 is 17.2 Å². The Morgan fingerprint density at radius 1 is 1.46 bits per heavy atom. The zero-order valence-electron chi connectivity index (χ0n) is 16.6. The number of hydrogen-bond acceptors (Lipinski definition) is 5. The van der Waals surface area contributed by atoms with Crippen molar-refractivity contribution in [3.63, 3.8) is 0 Å². The normalized spacial score (nSPS) is 26.0. The molecule has 9 heteroatoms. The van der Waals surface area contributed by atoms with Gasteiger partial charge in [0.2, 0.25) is 0 Å². The number of imide groups is 1. The number of carbonyl (C=O) groups excluding carboxylic acids is 2. The molecule has 2 atom stereocenters. The minimum absolute atomic E-state index is 0.0595. The van der Waals surface area contributed by atoms with Gasteiger partial charge in [-0.05, 0) is 51.7 Å². The van der Waals surface area contributed by atoms with E-state index in [4.69, 9.17) is 4.42 Å². The highest BCUT2D eigenvalue weighted by Crippen LogP contribution is 2.30. The predicted octanol–water partition coefficient (Wildman–Crippen LogP) is 0.763. The van der Waals surface area contributed by atoms with Crippen LogP contribution in [-0.2, 0) is 10.4 Å². The first-order valence-electron chi connectivity index (χ1n) is 9.69. The number of aliphatic imine (C=N–C) groups is 1. The maximum Gasteiger partial charge on any atom is 0.322 e. The van der Waals surface area contributed by atoms with Crippen LogP contribution < -0.4 is 16.0 Å². The second kappa shape index (κ2) is 7.83. The molecule has 3 amide bonds. The lowest BCUT2D eigenvalue weighted by Gasteiger charge is -2.39. The summed E-state index contributed by atoms with van der Waals surface area (Å²) in [5.41, 5.74) is -2.05. The van der Waals surface area contributed by atoms with Gasteiger partial charge in [0.05, 0.1) is 12.8 Å². The summed E-state index contributed by atoms with van der Waals surface area (Å²) in [5, 5.41) is 19.0. The molecule has 0 aromatic carbocycles. The van der Waals surface area contributed by atoms with E-state index in [1.165, 1.54) is 6.26 Å². The van der Waals surface area contributed by atoms with Gasteiger partial charge in [0.15, 0.2) is 5.96 Å². The van der Waals surface area contributed by atoms with Crippen LogP contribution in [0.15, 0.2) is 27.8 Å². The van der Waals surface area contributed by atoms with Crippen molar-refractivity contribution in [3.8, 4) is 0 Å². The average Bonchev–Trinajstić information content (AvgIpc) is 3.28. The molecule has 0 aliphatic carbocycles. The number of rotatable bonds is 5. The minimum Gasteiger partial charge on any atom is -0.466 e. The van der Waals surface area contributed by atoms with Gasteiger partial charge in [0.25, 0.3) is 5.91 Å². The van der Waals surface area contributed by atoms with Gasteiger partial charge in [-0.15, -0.1) is 0 Å². The summed E-state index contributed by atoms with van der Waals surface area (Å²) < 4.78 is 5.31. The van der Waals surface area contributed by atoms with Gasteiger partial charge in [-0.3, -0.25) is 10.1 Å². The molecule has 2 aliphatic rings. The van der Waals surface area contributed by atoms with Crippen molar-refractivity contribution in [3.05, 3.63) is 24.2 Å². The number of carbonyl (C=O) groups is 2. The van der Waals surface area contributed by atoms with Gasteiger partial charge in [-0.2, -0.15) is 0 Å². The molecule has 0 saturated carbocycles. The first kappa shape index (κ1) is 20.2. The smallest absolute Gasteiger partial charge is 0.322 e. The molecule has 4 N–H and O–H groups in total. The van der Waals surface area contributed by atoms with Crippen LogP contribution in [0, 0.1) is 5.92 Å². The Morgan fingerprint density at radius 2 is 2.18 bits per heavy atom.